The highest BCUT2D eigenvalue weighted by Gasteiger charge is 2.16. The van der Waals surface area contributed by atoms with Crippen molar-refractivity contribution < 1.29 is 4.79 Å². The molecule has 0 aromatic rings. The van der Waals surface area contributed by atoms with Gasteiger partial charge in [-0.1, -0.05) is 25.8 Å². The molecule has 1 aliphatic heterocycles. The fourth-order valence-corrected chi connectivity index (χ4v) is 1.35. The predicted octanol–water partition coefficient (Wildman–Crippen LogP) is 2.31. The number of likely N-dealkylation sites (tertiary alicyclic amines) is 1. The molecule has 0 aliphatic carbocycles. The topological polar surface area (TPSA) is 20.3 Å². The Kier molecular flexibility index (Phi) is 3.85. The zero-order chi connectivity index (χ0) is 8.81. The largest absolute Gasteiger partial charge is 0.319 e. The lowest BCUT2D eigenvalue weighted by Crippen LogP contribution is -2.17. The van der Waals surface area contributed by atoms with Crippen molar-refractivity contribution in [2.75, 3.05) is 6.54 Å². The molecule has 68 valence electrons. The molecular formula is C10H17NO. The second-order valence-corrected chi connectivity index (χ2v) is 3.22. The summed E-state index contributed by atoms with van der Waals surface area (Å²) in [6.45, 7) is 3.09. The summed E-state index contributed by atoms with van der Waals surface area (Å²) in [5.74, 6) is 0.280. The van der Waals surface area contributed by atoms with Gasteiger partial charge in [-0.3, -0.25) is 4.79 Å². The van der Waals surface area contributed by atoms with Gasteiger partial charge in [-0.05, 0) is 12.8 Å². The van der Waals surface area contributed by atoms with E-state index in [0.29, 0.717) is 0 Å². The van der Waals surface area contributed by atoms with Crippen LogP contribution in [0.5, 0.6) is 0 Å². The van der Waals surface area contributed by atoms with Gasteiger partial charge in [-0.2, -0.15) is 0 Å². The molecule has 0 radical (unpaired) electrons. The molecule has 2 nitrogen and oxygen atoms in total. The number of carbonyl (C=O) groups excluding carboxylic acids is 1. The summed E-state index contributed by atoms with van der Waals surface area (Å²) in [6, 6.07) is 0. The molecule has 1 rings (SSSR count). The first kappa shape index (κ1) is 9.30. The minimum absolute atomic E-state index is 0.280. The number of allylic oxidation sites excluding steroid dienone is 1. The quantitative estimate of drug-likeness (QED) is 0.588. The van der Waals surface area contributed by atoms with Crippen molar-refractivity contribution in [1.29, 1.82) is 0 Å². The van der Waals surface area contributed by atoms with Crippen LogP contribution in [0.2, 0.25) is 0 Å². The molecule has 0 saturated carbocycles. The van der Waals surface area contributed by atoms with Crippen molar-refractivity contribution in [1.82, 2.24) is 4.90 Å². The Morgan fingerprint density at radius 3 is 3.00 bits per heavy atom. The van der Waals surface area contributed by atoms with Crippen LogP contribution in [0.15, 0.2) is 12.3 Å². The molecule has 0 aromatic heterocycles. The number of amides is 1. The maximum atomic E-state index is 11.1. The summed E-state index contributed by atoms with van der Waals surface area (Å²) >= 11 is 0. The van der Waals surface area contributed by atoms with E-state index in [-0.39, 0.29) is 5.91 Å². The molecule has 1 fully saturated rings. The maximum Gasteiger partial charge on any atom is 0.226 e. The normalized spacial score (nSPS) is 18.1. The fraction of sp³-hybridized carbons (Fsp3) is 0.700. The third-order valence-corrected chi connectivity index (χ3v) is 2.12. The third kappa shape index (κ3) is 2.68. The Balaban J connectivity index is 2.20. The van der Waals surface area contributed by atoms with Gasteiger partial charge in [0, 0.05) is 19.2 Å². The van der Waals surface area contributed by atoms with Gasteiger partial charge < -0.3 is 4.90 Å². The highest BCUT2D eigenvalue weighted by Crippen LogP contribution is 2.10. The lowest BCUT2D eigenvalue weighted by Gasteiger charge is -2.07. The second-order valence-electron chi connectivity index (χ2n) is 3.22. The Hall–Kier alpha value is -0.790. The summed E-state index contributed by atoms with van der Waals surface area (Å²) in [5, 5.41) is 0. The van der Waals surface area contributed by atoms with Crippen molar-refractivity contribution in [3.63, 3.8) is 0 Å². The molecule has 0 aromatic carbocycles. The highest BCUT2D eigenvalue weighted by atomic mass is 16.2. The van der Waals surface area contributed by atoms with Gasteiger partial charge in [0.25, 0.3) is 0 Å². The number of rotatable bonds is 4. The van der Waals surface area contributed by atoms with Gasteiger partial charge in [0.05, 0.1) is 0 Å². The molecule has 1 amide bonds. The third-order valence-electron chi connectivity index (χ3n) is 2.12. The highest BCUT2D eigenvalue weighted by molar-refractivity contribution is 5.79. The second kappa shape index (κ2) is 4.96. The number of hydrogen-bond donors (Lipinski definition) is 0. The van der Waals surface area contributed by atoms with E-state index in [4.69, 9.17) is 0 Å². The van der Waals surface area contributed by atoms with E-state index in [9.17, 15) is 4.79 Å². The number of carbonyl (C=O) groups is 1. The number of hydrogen-bond acceptors (Lipinski definition) is 1. The van der Waals surface area contributed by atoms with Crippen molar-refractivity contribution in [2.45, 2.75) is 39.0 Å². The minimum atomic E-state index is 0.280. The molecule has 12 heavy (non-hydrogen) atoms. The lowest BCUT2D eigenvalue weighted by molar-refractivity contribution is -0.125. The maximum absolute atomic E-state index is 11.1. The summed E-state index contributed by atoms with van der Waals surface area (Å²) in [4.78, 5) is 12.9. The summed E-state index contributed by atoms with van der Waals surface area (Å²) < 4.78 is 0. The van der Waals surface area contributed by atoms with Crippen LogP contribution in [0.4, 0.5) is 0 Å². The Labute approximate surface area is 74.2 Å². The number of nitrogens with zero attached hydrogens (tertiary/aromatic N) is 1. The SMILES string of the molecule is CCCC/C=C/N1CCCC1=O. The minimum Gasteiger partial charge on any atom is -0.319 e. The van der Waals surface area contributed by atoms with Crippen LogP contribution in [-0.4, -0.2) is 17.4 Å². The Bertz CT molecular complexity index is 175. The van der Waals surface area contributed by atoms with E-state index in [1.807, 2.05) is 11.1 Å². The van der Waals surface area contributed by atoms with Crippen molar-refractivity contribution >= 4 is 5.91 Å². The Morgan fingerprint density at radius 1 is 1.58 bits per heavy atom. The fourth-order valence-electron chi connectivity index (χ4n) is 1.35. The molecule has 1 saturated heterocycles. The first-order valence-corrected chi connectivity index (χ1v) is 4.80. The average molecular weight is 167 g/mol. The zero-order valence-electron chi connectivity index (χ0n) is 7.75. The van der Waals surface area contributed by atoms with Gasteiger partial charge in [0.15, 0.2) is 0 Å². The van der Waals surface area contributed by atoms with E-state index in [1.165, 1.54) is 12.8 Å². The van der Waals surface area contributed by atoms with Crippen LogP contribution in [0.25, 0.3) is 0 Å². The van der Waals surface area contributed by atoms with E-state index < -0.39 is 0 Å². The summed E-state index contributed by atoms with van der Waals surface area (Å²) in [5.41, 5.74) is 0. The van der Waals surface area contributed by atoms with Crippen LogP contribution in [0, 0.1) is 0 Å². The smallest absolute Gasteiger partial charge is 0.226 e. The molecule has 1 heterocycles. The van der Waals surface area contributed by atoms with Crippen molar-refractivity contribution in [3.8, 4) is 0 Å². The van der Waals surface area contributed by atoms with Gasteiger partial charge >= 0.3 is 0 Å². The zero-order valence-corrected chi connectivity index (χ0v) is 7.75. The van der Waals surface area contributed by atoms with Gasteiger partial charge in [-0.25, -0.2) is 0 Å². The predicted molar refractivity (Wildman–Crippen MR) is 49.6 cm³/mol. The first-order chi connectivity index (χ1) is 5.84. The van der Waals surface area contributed by atoms with Crippen LogP contribution in [0.3, 0.4) is 0 Å². The molecule has 0 spiro atoms. The first-order valence-electron chi connectivity index (χ1n) is 4.80. The molecule has 0 bridgehead atoms. The molecule has 0 N–H and O–H groups in total. The molecule has 1 aliphatic rings. The Morgan fingerprint density at radius 2 is 2.42 bits per heavy atom. The summed E-state index contributed by atoms with van der Waals surface area (Å²) in [7, 11) is 0. The summed E-state index contributed by atoms with van der Waals surface area (Å²) in [6.07, 6.45) is 9.35. The van der Waals surface area contributed by atoms with Crippen LogP contribution >= 0.6 is 0 Å². The van der Waals surface area contributed by atoms with Crippen LogP contribution in [0.1, 0.15) is 39.0 Å². The van der Waals surface area contributed by atoms with E-state index in [1.54, 1.807) is 0 Å². The molecule has 0 unspecified atom stereocenters. The van der Waals surface area contributed by atoms with Gasteiger partial charge in [0.2, 0.25) is 5.91 Å². The molecular weight excluding hydrogens is 150 g/mol. The average Bonchev–Trinajstić information content (AvgIpc) is 2.46. The van der Waals surface area contributed by atoms with E-state index in [0.717, 1.165) is 25.8 Å². The lowest BCUT2D eigenvalue weighted by atomic mass is 10.2. The molecule has 0 atom stereocenters. The van der Waals surface area contributed by atoms with Crippen LogP contribution < -0.4 is 0 Å². The molecule has 2 heteroatoms. The van der Waals surface area contributed by atoms with E-state index >= 15 is 0 Å². The number of unbranched alkanes of at least 4 members (excludes halogenated alkanes) is 2. The van der Waals surface area contributed by atoms with Crippen molar-refractivity contribution in [3.05, 3.63) is 12.3 Å². The van der Waals surface area contributed by atoms with Gasteiger partial charge in [0.1, 0.15) is 0 Å². The van der Waals surface area contributed by atoms with Gasteiger partial charge in [-0.15, -0.1) is 0 Å². The van der Waals surface area contributed by atoms with E-state index in [2.05, 4.69) is 13.0 Å². The van der Waals surface area contributed by atoms with Crippen molar-refractivity contribution in [2.24, 2.45) is 0 Å². The monoisotopic (exact) mass is 167 g/mol. The standard InChI is InChI=1S/C10H17NO/c1-2-3-4-5-8-11-9-6-7-10(11)12/h5,8H,2-4,6-7,9H2,1H3/b8-5+. The van der Waals surface area contributed by atoms with Crippen LogP contribution in [-0.2, 0) is 4.79 Å².